The van der Waals surface area contributed by atoms with Gasteiger partial charge in [0.1, 0.15) is 0 Å². The molecule has 0 spiro atoms. The molecule has 3 atom stereocenters. The third-order valence-corrected chi connectivity index (χ3v) is 3.13. The van der Waals surface area contributed by atoms with E-state index in [0.717, 1.165) is 18.4 Å². The maximum Gasteiger partial charge on any atom is 0.0804 e. The van der Waals surface area contributed by atoms with E-state index in [9.17, 15) is 5.11 Å². The monoisotopic (exact) mass is 236 g/mol. The van der Waals surface area contributed by atoms with Crippen LogP contribution in [0.1, 0.15) is 40.0 Å². The maximum absolute atomic E-state index is 9.87. The van der Waals surface area contributed by atoms with E-state index in [2.05, 4.69) is 33.1 Å². The first-order valence-electron chi connectivity index (χ1n) is 6.18. The van der Waals surface area contributed by atoms with Gasteiger partial charge in [0.25, 0.3) is 0 Å². The molecule has 0 amide bonds. The van der Waals surface area contributed by atoms with E-state index in [1.807, 2.05) is 0 Å². The van der Waals surface area contributed by atoms with Crippen LogP contribution in [0, 0.1) is 0 Å². The van der Waals surface area contributed by atoms with E-state index >= 15 is 0 Å². The van der Waals surface area contributed by atoms with Crippen LogP contribution in [-0.2, 0) is 4.74 Å². The van der Waals surface area contributed by atoms with Gasteiger partial charge in [-0.25, -0.2) is 0 Å². The first kappa shape index (κ1) is 14.2. The zero-order chi connectivity index (χ0) is 13.1. The standard InChI is InChI=1S/C15H24O2/c1-6-15(5,16)8-7-14-12(4)10-13(17-14)9-11(2)3/h6,9,13-14,16H,1,4,7-8,10H2,2-3,5H3. The molecule has 17 heavy (non-hydrogen) atoms. The molecule has 0 aromatic carbocycles. The van der Waals surface area contributed by atoms with Crippen molar-refractivity contribution in [3.63, 3.8) is 0 Å². The third-order valence-electron chi connectivity index (χ3n) is 3.13. The molecule has 1 aliphatic heterocycles. The second kappa shape index (κ2) is 5.65. The first-order valence-corrected chi connectivity index (χ1v) is 6.18. The molecule has 1 aliphatic rings. The van der Waals surface area contributed by atoms with E-state index in [1.54, 1.807) is 13.0 Å². The quantitative estimate of drug-likeness (QED) is 0.741. The van der Waals surface area contributed by atoms with Gasteiger partial charge in [0.2, 0.25) is 0 Å². The van der Waals surface area contributed by atoms with Crippen molar-refractivity contribution in [1.29, 1.82) is 0 Å². The lowest BCUT2D eigenvalue weighted by molar-refractivity contribution is 0.0454. The fraction of sp³-hybridized carbons (Fsp3) is 0.600. The Hall–Kier alpha value is -0.860. The molecule has 0 saturated carbocycles. The van der Waals surface area contributed by atoms with Gasteiger partial charge in [0, 0.05) is 6.42 Å². The lowest BCUT2D eigenvalue weighted by atomic mass is 9.95. The lowest BCUT2D eigenvalue weighted by Crippen LogP contribution is -2.23. The van der Waals surface area contributed by atoms with Gasteiger partial charge in [0.15, 0.2) is 0 Å². The number of rotatable bonds is 5. The molecule has 0 bridgehead atoms. The second-order valence-corrected chi connectivity index (χ2v) is 5.37. The summed E-state index contributed by atoms with van der Waals surface area (Å²) in [5.41, 5.74) is 1.59. The summed E-state index contributed by atoms with van der Waals surface area (Å²) < 4.78 is 5.90. The summed E-state index contributed by atoms with van der Waals surface area (Å²) in [6.45, 7) is 13.6. The highest BCUT2D eigenvalue weighted by Crippen LogP contribution is 2.30. The van der Waals surface area contributed by atoms with Gasteiger partial charge < -0.3 is 9.84 Å². The van der Waals surface area contributed by atoms with Crippen molar-refractivity contribution in [3.05, 3.63) is 36.5 Å². The Kier molecular flexibility index (Phi) is 4.72. The summed E-state index contributed by atoms with van der Waals surface area (Å²) in [4.78, 5) is 0. The van der Waals surface area contributed by atoms with E-state index in [1.165, 1.54) is 5.57 Å². The molecule has 1 saturated heterocycles. The van der Waals surface area contributed by atoms with Crippen molar-refractivity contribution in [1.82, 2.24) is 0 Å². The lowest BCUT2D eigenvalue weighted by Gasteiger charge is -2.21. The molecule has 1 fully saturated rings. The van der Waals surface area contributed by atoms with Gasteiger partial charge in [-0.15, -0.1) is 6.58 Å². The summed E-state index contributed by atoms with van der Waals surface area (Å²) in [7, 11) is 0. The van der Waals surface area contributed by atoms with E-state index in [0.29, 0.717) is 6.42 Å². The predicted octanol–water partition coefficient (Wildman–Crippen LogP) is 3.38. The van der Waals surface area contributed by atoms with Crippen LogP contribution in [0.15, 0.2) is 36.5 Å². The fourth-order valence-electron chi connectivity index (χ4n) is 2.01. The van der Waals surface area contributed by atoms with Gasteiger partial charge >= 0.3 is 0 Å². The molecule has 0 radical (unpaired) electrons. The minimum atomic E-state index is -0.807. The Balaban J connectivity index is 2.49. The molecule has 0 aromatic rings. The molecular weight excluding hydrogens is 212 g/mol. The fourth-order valence-corrected chi connectivity index (χ4v) is 2.01. The van der Waals surface area contributed by atoms with E-state index < -0.39 is 5.60 Å². The highest BCUT2D eigenvalue weighted by molar-refractivity contribution is 5.15. The third kappa shape index (κ3) is 4.49. The largest absolute Gasteiger partial charge is 0.386 e. The SMILES string of the molecule is C=CC(C)(O)CCC1OC(C=C(C)C)CC1=C. The van der Waals surface area contributed by atoms with Crippen molar-refractivity contribution in [2.24, 2.45) is 0 Å². The molecule has 0 aliphatic carbocycles. The van der Waals surface area contributed by atoms with Crippen LogP contribution in [0.3, 0.4) is 0 Å². The van der Waals surface area contributed by atoms with Crippen LogP contribution >= 0.6 is 0 Å². The Morgan fingerprint density at radius 1 is 1.59 bits per heavy atom. The van der Waals surface area contributed by atoms with Crippen molar-refractivity contribution in [2.45, 2.75) is 57.8 Å². The topological polar surface area (TPSA) is 29.5 Å². The minimum Gasteiger partial charge on any atom is -0.386 e. The van der Waals surface area contributed by atoms with Gasteiger partial charge in [0.05, 0.1) is 17.8 Å². The second-order valence-electron chi connectivity index (χ2n) is 5.37. The Morgan fingerprint density at radius 3 is 2.76 bits per heavy atom. The maximum atomic E-state index is 9.87. The average molecular weight is 236 g/mol. The summed E-state index contributed by atoms with van der Waals surface area (Å²) in [6.07, 6.45) is 6.29. The highest BCUT2D eigenvalue weighted by Gasteiger charge is 2.29. The van der Waals surface area contributed by atoms with Gasteiger partial charge in [-0.1, -0.05) is 24.3 Å². The number of allylic oxidation sites excluding steroid dienone is 1. The predicted molar refractivity (Wildman–Crippen MR) is 71.9 cm³/mol. The van der Waals surface area contributed by atoms with Crippen LogP contribution in [0.4, 0.5) is 0 Å². The Bertz CT molecular complexity index is 322. The Morgan fingerprint density at radius 2 is 2.24 bits per heavy atom. The molecule has 1 N–H and O–H groups in total. The zero-order valence-electron chi connectivity index (χ0n) is 11.2. The molecule has 2 nitrogen and oxygen atoms in total. The summed E-state index contributed by atoms with van der Waals surface area (Å²) in [6, 6.07) is 0. The van der Waals surface area contributed by atoms with E-state index in [4.69, 9.17) is 4.74 Å². The molecule has 96 valence electrons. The number of aliphatic hydroxyl groups is 1. The minimum absolute atomic E-state index is 0.0713. The summed E-state index contributed by atoms with van der Waals surface area (Å²) in [5.74, 6) is 0. The first-order chi connectivity index (χ1) is 7.84. The number of ether oxygens (including phenoxy) is 1. The number of hydrogen-bond acceptors (Lipinski definition) is 2. The van der Waals surface area contributed by atoms with Crippen LogP contribution in [-0.4, -0.2) is 22.9 Å². The summed E-state index contributed by atoms with van der Waals surface area (Å²) in [5, 5.41) is 9.87. The normalized spacial score (nSPS) is 27.6. The van der Waals surface area contributed by atoms with Crippen LogP contribution in [0.2, 0.25) is 0 Å². The van der Waals surface area contributed by atoms with Crippen molar-refractivity contribution in [2.75, 3.05) is 0 Å². The average Bonchev–Trinajstić information content (AvgIpc) is 2.55. The molecule has 3 unspecified atom stereocenters. The van der Waals surface area contributed by atoms with Gasteiger partial charge in [-0.2, -0.15) is 0 Å². The van der Waals surface area contributed by atoms with Crippen molar-refractivity contribution < 1.29 is 9.84 Å². The zero-order valence-corrected chi connectivity index (χ0v) is 11.2. The van der Waals surface area contributed by atoms with Crippen LogP contribution < -0.4 is 0 Å². The van der Waals surface area contributed by atoms with Crippen LogP contribution in [0.25, 0.3) is 0 Å². The molecular formula is C15H24O2. The Labute approximate surface area is 105 Å². The van der Waals surface area contributed by atoms with E-state index in [-0.39, 0.29) is 12.2 Å². The molecule has 0 aromatic heterocycles. The molecule has 2 heteroatoms. The highest BCUT2D eigenvalue weighted by atomic mass is 16.5. The summed E-state index contributed by atoms with van der Waals surface area (Å²) >= 11 is 0. The number of hydrogen-bond donors (Lipinski definition) is 1. The van der Waals surface area contributed by atoms with Crippen molar-refractivity contribution >= 4 is 0 Å². The smallest absolute Gasteiger partial charge is 0.0804 e. The van der Waals surface area contributed by atoms with Gasteiger partial charge in [-0.05, 0) is 39.2 Å². The van der Waals surface area contributed by atoms with Crippen molar-refractivity contribution in [3.8, 4) is 0 Å². The molecule has 1 heterocycles. The van der Waals surface area contributed by atoms with Crippen LogP contribution in [0.5, 0.6) is 0 Å². The molecule has 1 rings (SSSR count). The van der Waals surface area contributed by atoms with Gasteiger partial charge in [-0.3, -0.25) is 0 Å².